The van der Waals surface area contributed by atoms with E-state index in [0.717, 1.165) is 21.5 Å². The maximum atomic E-state index is 13.1. The highest BCUT2D eigenvalue weighted by Gasteiger charge is 2.25. The summed E-state index contributed by atoms with van der Waals surface area (Å²) in [5.74, 6) is 0.0775. The molecule has 1 N–H and O–H groups in total. The number of aromatic amines is 1. The van der Waals surface area contributed by atoms with Gasteiger partial charge in [-0.25, -0.2) is 5.10 Å². The van der Waals surface area contributed by atoms with E-state index in [4.69, 9.17) is 0 Å². The van der Waals surface area contributed by atoms with E-state index in [0.29, 0.717) is 50.0 Å². The summed E-state index contributed by atoms with van der Waals surface area (Å²) in [5, 5.41) is 10.1. The molecular weight excluding hydrogens is 448 g/mol. The fraction of sp³-hybridized carbons (Fsp3) is 0.231. The third-order valence-electron chi connectivity index (χ3n) is 6.14. The first-order valence-corrected chi connectivity index (χ1v) is 12.1. The number of amides is 2. The molecule has 1 fully saturated rings. The molecule has 8 heteroatoms. The molecule has 1 saturated heterocycles. The van der Waals surface area contributed by atoms with Crippen LogP contribution in [-0.2, 0) is 17.6 Å². The number of nitrogens with one attached hydrogen (secondary N) is 1. The topological polar surface area (TPSA) is 86.4 Å². The molecule has 172 valence electrons. The number of rotatable bonds is 5. The molecule has 5 rings (SSSR count). The van der Waals surface area contributed by atoms with Crippen LogP contribution in [0.25, 0.3) is 10.8 Å². The lowest BCUT2D eigenvalue weighted by atomic mass is 10.1. The maximum Gasteiger partial charge on any atom is 0.272 e. The predicted octanol–water partition coefficient (Wildman–Crippen LogP) is 3.10. The summed E-state index contributed by atoms with van der Waals surface area (Å²) >= 11 is 1.51. The van der Waals surface area contributed by atoms with E-state index >= 15 is 0 Å². The molecule has 0 unspecified atom stereocenters. The molecule has 7 nitrogen and oxygen atoms in total. The van der Waals surface area contributed by atoms with Gasteiger partial charge in [-0.1, -0.05) is 48.5 Å². The molecule has 2 aromatic carbocycles. The SMILES string of the molecule is O=C(Cc1ccccc1)N1CCN(C(=O)c2csc(Cc3n[nH]c(=O)c4ccccc34)c2)CC1. The summed E-state index contributed by atoms with van der Waals surface area (Å²) in [5.41, 5.74) is 2.23. The molecule has 2 amide bonds. The normalized spacial score (nSPS) is 13.9. The van der Waals surface area contributed by atoms with E-state index in [1.54, 1.807) is 6.07 Å². The lowest BCUT2D eigenvalue weighted by Crippen LogP contribution is -2.50. The highest BCUT2D eigenvalue weighted by atomic mass is 32.1. The molecule has 0 radical (unpaired) electrons. The van der Waals surface area contributed by atoms with Gasteiger partial charge < -0.3 is 9.80 Å². The minimum absolute atomic E-state index is 0.0167. The molecule has 0 aliphatic carbocycles. The van der Waals surface area contributed by atoms with Crippen LogP contribution < -0.4 is 5.56 Å². The van der Waals surface area contributed by atoms with Crippen LogP contribution in [0.3, 0.4) is 0 Å². The van der Waals surface area contributed by atoms with E-state index in [-0.39, 0.29) is 17.4 Å². The fourth-order valence-corrected chi connectivity index (χ4v) is 5.14. The van der Waals surface area contributed by atoms with Crippen molar-refractivity contribution in [1.29, 1.82) is 0 Å². The highest BCUT2D eigenvalue weighted by Crippen LogP contribution is 2.22. The Balaban J connectivity index is 1.21. The molecule has 1 aliphatic rings. The first-order chi connectivity index (χ1) is 16.6. The van der Waals surface area contributed by atoms with E-state index in [2.05, 4.69) is 10.2 Å². The number of H-pyrrole nitrogens is 1. The number of carbonyl (C=O) groups excluding carboxylic acids is 2. The summed E-state index contributed by atoms with van der Waals surface area (Å²) < 4.78 is 0. The molecule has 4 aromatic rings. The van der Waals surface area contributed by atoms with Gasteiger partial charge in [0.25, 0.3) is 11.5 Å². The Morgan fingerprint density at radius 2 is 1.59 bits per heavy atom. The first kappa shape index (κ1) is 22.0. The van der Waals surface area contributed by atoms with Crippen molar-refractivity contribution in [1.82, 2.24) is 20.0 Å². The van der Waals surface area contributed by atoms with Crippen LogP contribution in [0, 0.1) is 0 Å². The number of nitrogens with zero attached hydrogens (tertiary/aromatic N) is 3. The molecular formula is C26H24N4O3S. The summed E-state index contributed by atoms with van der Waals surface area (Å²) in [6.45, 7) is 2.14. The number of fused-ring (bicyclic) bond motifs is 1. The van der Waals surface area contributed by atoms with Gasteiger partial charge in [-0.05, 0) is 17.7 Å². The van der Waals surface area contributed by atoms with Crippen molar-refractivity contribution in [2.45, 2.75) is 12.8 Å². The van der Waals surface area contributed by atoms with Crippen molar-refractivity contribution < 1.29 is 9.59 Å². The quantitative estimate of drug-likeness (QED) is 0.484. The van der Waals surface area contributed by atoms with Gasteiger partial charge in [0.15, 0.2) is 0 Å². The molecule has 2 aromatic heterocycles. The summed E-state index contributed by atoms with van der Waals surface area (Å²) in [6.07, 6.45) is 0.924. The van der Waals surface area contributed by atoms with Gasteiger partial charge in [0.1, 0.15) is 0 Å². The lowest BCUT2D eigenvalue weighted by Gasteiger charge is -2.34. The fourth-order valence-electron chi connectivity index (χ4n) is 4.28. The third kappa shape index (κ3) is 4.63. The van der Waals surface area contributed by atoms with Gasteiger partial charge in [-0.2, -0.15) is 5.10 Å². The molecule has 34 heavy (non-hydrogen) atoms. The van der Waals surface area contributed by atoms with E-state index in [1.165, 1.54) is 11.3 Å². The van der Waals surface area contributed by atoms with Crippen LogP contribution >= 0.6 is 11.3 Å². The van der Waals surface area contributed by atoms with Gasteiger partial charge >= 0.3 is 0 Å². The van der Waals surface area contributed by atoms with Crippen LogP contribution in [0.4, 0.5) is 0 Å². The van der Waals surface area contributed by atoms with Crippen LogP contribution in [-0.4, -0.2) is 58.0 Å². The minimum Gasteiger partial charge on any atom is -0.339 e. The molecule has 1 aliphatic heterocycles. The average Bonchev–Trinajstić information content (AvgIpc) is 3.35. The predicted molar refractivity (Wildman–Crippen MR) is 132 cm³/mol. The maximum absolute atomic E-state index is 13.1. The Morgan fingerprint density at radius 3 is 2.35 bits per heavy atom. The zero-order valence-corrected chi connectivity index (χ0v) is 19.4. The first-order valence-electron chi connectivity index (χ1n) is 11.2. The Morgan fingerprint density at radius 1 is 0.912 bits per heavy atom. The number of carbonyl (C=O) groups is 2. The monoisotopic (exact) mass is 472 g/mol. The molecule has 0 saturated carbocycles. The Labute approximate surface area is 200 Å². The van der Waals surface area contributed by atoms with Crippen molar-refractivity contribution in [3.05, 3.63) is 98.1 Å². The Bertz CT molecular complexity index is 1390. The molecule has 0 atom stereocenters. The van der Waals surface area contributed by atoms with Crippen molar-refractivity contribution in [2.75, 3.05) is 26.2 Å². The van der Waals surface area contributed by atoms with Crippen molar-refractivity contribution in [2.24, 2.45) is 0 Å². The Hall–Kier alpha value is -3.78. The second kappa shape index (κ2) is 9.61. The minimum atomic E-state index is -0.206. The number of benzene rings is 2. The average molecular weight is 473 g/mol. The number of hydrogen-bond acceptors (Lipinski definition) is 5. The summed E-state index contributed by atoms with van der Waals surface area (Å²) in [7, 11) is 0. The van der Waals surface area contributed by atoms with Crippen LogP contribution in [0.1, 0.15) is 26.5 Å². The molecule has 0 bridgehead atoms. The van der Waals surface area contributed by atoms with Gasteiger partial charge in [0, 0.05) is 48.2 Å². The van der Waals surface area contributed by atoms with E-state index in [1.807, 2.05) is 69.8 Å². The summed E-state index contributed by atoms with van der Waals surface area (Å²) in [6, 6.07) is 19.0. The number of thiophene rings is 1. The van der Waals surface area contributed by atoms with Crippen LogP contribution in [0.2, 0.25) is 0 Å². The van der Waals surface area contributed by atoms with Crippen molar-refractivity contribution in [3.8, 4) is 0 Å². The zero-order chi connectivity index (χ0) is 23.5. The zero-order valence-electron chi connectivity index (χ0n) is 18.6. The third-order valence-corrected chi connectivity index (χ3v) is 7.07. The van der Waals surface area contributed by atoms with Crippen molar-refractivity contribution >= 4 is 33.9 Å². The van der Waals surface area contributed by atoms with Gasteiger partial charge in [0.2, 0.25) is 5.91 Å². The number of piperazine rings is 1. The van der Waals surface area contributed by atoms with E-state index < -0.39 is 0 Å². The van der Waals surface area contributed by atoms with Gasteiger partial charge in [-0.3, -0.25) is 14.4 Å². The van der Waals surface area contributed by atoms with E-state index in [9.17, 15) is 14.4 Å². The van der Waals surface area contributed by atoms with Crippen LogP contribution in [0.5, 0.6) is 0 Å². The number of aromatic nitrogens is 2. The van der Waals surface area contributed by atoms with Gasteiger partial charge in [0.05, 0.1) is 23.1 Å². The van der Waals surface area contributed by atoms with Crippen LogP contribution in [0.15, 0.2) is 70.8 Å². The second-order valence-corrected chi connectivity index (χ2v) is 9.35. The largest absolute Gasteiger partial charge is 0.339 e. The molecule has 3 heterocycles. The smallest absolute Gasteiger partial charge is 0.272 e. The summed E-state index contributed by atoms with van der Waals surface area (Å²) in [4.78, 5) is 42.3. The number of hydrogen-bond donors (Lipinski definition) is 1. The van der Waals surface area contributed by atoms with Gasteiger partial charge in [-0.15, -0.1) is 11.3 Å². The highest BCUT2D eigenvalue weighted by molar-refractivity contribution is 7.10. The second-order valence-electron chi connectivity index (χ2n) is 8.36. The Kier molecular flexibility index (Phi) is 6.22. The van der Waals surface area contributed by atoms with Crippen molar-refractivity contribution in [3.63, 3.8) is 0 Å². The molecule has 0 spiro atoms. The lowest BCUT2D eigenvalue weighted by molar-refractivity contribution is -0.131. The standard InChI is InChI=1S/C26H24N4O3S/c31-24(14-18-6-2-1-3-7-18)29-10-12-30(13-11-29)26(33)19-15-20(34-17-19)16-23-21-8-4-5-9-22(21)25(32)28-27-23/h1-9,15,17H,10-14,16H2,(H,28,32).